The van der Waals surface area contributed by atoms with E-state index in [1.807, 2.05) is 22.6 Å². The van der Waals surface area contributed by atoms with E-state index in [4.69, 9.17) is 13.9 Å². The Kier molecular flexibility index (Phi) is 2.88. The first-order valence-corrected chi connectivity index (χ1v) is 7.48. The maximum atomic E-state index is 10.8. The van der Waals surface area contributed by atoms with Crippen molar-refractivity contribution in [3.05, 3.63) is 21.8 Å². The summed E-state index contributed by atoms with van der Waals surface area (Å²) in [6, 6.07) is 4.27. The number of nitrogen functional groups attached to an aromatic ring is 1. The third-order valence-electron chi connectivity index (χ3n) is 1.32. The summed E-state index contributed by atoms with van der Waals surface area (Å²) in [5, 5.41) is 0. The molecule has 0 amide bonds. The van der Waals surface area contributed by atoms with E-state index in [0.717, 1.165) is 0 Å². The van der Waals surface area contributed by atoms with Gasteiger partial charge in [0.25, 0.3) is 0 Å². The number of hydrogen-bond acceptors (Lipinski definition) is 2. The van der Waals surface area contributed by atoms with Gasteiger partial charge in [0.1, 0.15) is 0 Å². The van der Waals surface area contributed by atoms with Crippen LogP contribution in [0.15, 0.2) is 18.2 Å². The molecule has 0 radical (unpaired) electrons. The van der Waals surface area contributed by atoms with Crippen molar-refractivity contribution in [1.82, 2.24) is 0 Å². The Hall–Kier alpha value is 0.0284. The van der Waals surface area contributed by atoms with Crippen LogP contribution < -0.4 is 10.1 Å². The molecule has 0 saturated heterocycles. The van der Waals surface area contributed by atoms with Crippen molar-refractivity contribution in [3.8, 4) is 0 Å². The predicted octanol–water partition coefficient (Wildman–Crippen LogP) is -0.566. The molecule has 0 unspecified atom stereocenters. The van der Waals surface area contributed by atoms with Gasteiger partial charge in [-0.3, -0.25) is 0 Å². The zero-order valence-electron chi connectivity index (χ0n) is 5.94. The van der Waals surface area contributed by atoms with Crippen LogP contribution in [0.1, 0.15) is 0 Å². The second-order valence-electron chi connectivity index (χ2n) is 2.25. The summed E-state index contributed by atoms with van der Waals surface area (Å²) >= 11 is -2.79. The average molecular weight is 343 g/mol. The molecule has 0 aliphatic carbocycles. The standard InChI is InChI=1S/C6H7AsINO3/c8-5-3-4(7(10,11)12)1-2-6(5)9/h1-3H,9H2,(H2,10,11,12). The van der Waals surface area contributed by atoms with Crippen molar-refractivity contribution < 1.29 is 11.9 Å². The van der Waals surface area contributed by atoms with E-state index in [2.05, 4.69) is 0 Å². The molecule has 0 heterocycles. The molecule has 0 fully saturated rings. The number of halogens is 1. The molecular weight excluding hydrogens is 336 g/mol. The minimum absolute atomic E-state index is 0.0618. The molecule has 0 aromatic heterocycles. The van der Waals surface area contributed by atoms with E-state index in [0.29, 0.717) is 9.26 Å². The van der Waals surface area contributed by atoms with Crippen LogP contribution in [-0.4, -0.2) is 22.4 Å². The fourth-order valence-electron chi connectivity index (χ4n) is 0.697. The van der Waals surface area contributed by atoms with Gasteiger partial charge >= 0.3 is 86.2 Å². The van der Waals surface area contributed by atoms with Crippen LogP contribution in [-0.2, 0) is 3.74 Å². The van der Waals surface area contributed by atoms with E-state index >= 15 is 0 Å². The Bertz CT molecular complexity index is 349. The fourth-order valence-corrected chi connectivity index (χ4v) is 2.93. The zero-order chi connectivity index (χ0) is 9.35. The summed E-state index contributed by atoms with van der Waals surface area (Å²) in [6.45, 7) is 0. The van der Waals surface area contributed by atoms with Gasteiger partial charge in [0.2, 0.25) is 0 Å². The number of nitrogens with two attached hydrogens (primary N) is 1. The SMILES string of the molecule is Nc1ccc([As](=O)(O)O)cc1I. The number of benzene rings is 1. The summed E-state index contributed by atoms with van der Waals surface area (Å²) in [7, 11) is 0. The third-order valence-corrected chi connectivity index (χ3v) is 4.25. The van der Waals surface area contributed by atoms with Crippen molar-refractivity contribution in [3.63, 3.8) is 0 Å². The molecule has 1 rings (SSSR count). The van der Waals surface area contributed by atoms with Crippen LogP contribution in [0.2, 0.25) is 0 Å². The van der Waals surface area contributed by atoms with Crippen LogP contribution in [0.3, 0.4) is 0 Å². The van der Waals surface area contributed by atoms with Crippen LogP contribution >= 0.6 is 22.6 Å². The third kappa shape index (κ3) is 2.26. The molecule has 0 saturated carbocycles. The fraction of sp³-hybridized carbons (Fsp3) is 0. The zero-order valence-corrected chi connectivity index (χ0v) is 9.97. The van der Waals surface area contributed by atoms with Crippen LogP contribution in [0, 0.1) is 3.57 Å². The molecule has 1 aromatic carbocycles. The second kappa shape index (κ2) is 3.41. The Morgan fingerprint density at radius 3 is 2.42 bits per heavy atom. The maximum absolute atomic E-state index is 10.8. The Balaban J connectivity index is 3.23. The van der Waals surface area contributed by atoms with Crippen molar-refractivity contribution in [2.24, 2.45) is 0 Å². The molecule has 6 heteroatoms. The molecule has 0 spiro atoms. The van der Waals surface area contributed by atoms with E-state index in [9.17, 15) is 3.74 Å². The van der Waals surface area contributed by atoms with Crippen LogP contribution in [0.4, 0.5) is 5.69 Å². The molecule has 4 N–H and O–H groups in total. The van der Waals surface area contributed by atoms with E-state index < -0.39 is 14.2 Å². The normalized spacial score (nSPS) is 11.6. The van der Waals surface area contributed by atoms with Crippen molar-refractivity contribution in [2.45, 2.75) is 0 Å². The Morgan fingerprint density at radius 2 is 2.00 bits per heavy atom. The summed E-state index contributed by atoms with van der Waals surface area (Å²) in [5.74, 6) is 0. The van der Waals surface area contributed by atoms with Gasteiger partial charge in [0.15, 0.2) is 0 Å². The van der Waals surface area contributed by atoms with E-state index in [1.54, 1.807) is 0 Å². The monoisotopic (exact) mass is 343 g/mol. The number of anilines is 1. The molecule has 66 valence electrons. The molecule has 4 nitrogen and oxygen atoms in total. The first kappa shape index (κ1) is 10.1. The predicted molar refractivity (Wildman–Crippen MR) is 54.1 cm³/mol. The van der Waals surface area contributed by atoms with Crippen LogP contribution in [0.25, 0.3) is 0 Å². The molecule has 12 heavy (non-hydrogen) atoms. The quantitative estimate of drug-likeness (QED) is 0.363. The van der Waals surface area contributed by atoms with Crippen LogP contribution in [0.5, 0.6) is 0 Å². The minimum atomic E-state index is -4.72. The molecular formula is C6H7AsINO3. The molecule has 0 aliphatic heterocycles. The topological polar surface area (TPSA) is 83.6 Å². The van der Waals surface area contributed by atoms with E-state index in [-0.39, 0.29) is 4.35 Å². The number of hydrogen-bond donors (Lipinski definition) is 3. The van der Waals surface area contributed by atoms with Gasteiger partial charge in [-0.2, -0.15) is 0 Å². The van der Waals surface area contributed by atoms with Gasteiger partial charge in [-0.15, -0.1) is 0 Å². The van der Waals surface area contributed by atoms with Gasteiger partial charge in [0.05, 0.1) is 0 Å². The summed E-state index contributed by atoms with van der Waals surface area (Å²) in [4.78, 5) is 0. The number of rotatable bonds is 1. The first-order valence-electron chi connectivity index (χ1n) is 3.02. The van der Waals surface area contributed by atoms with Crippen molar-refractivity contribution in [1.29, 1.82) is 0 Å². The van der Waals surface area contributed by atoms with Gasteiger partial charge in [-0.1, -0.05) is 0 Å². The first-order chi connectivity index (χ1) is 5.41. The van der Waals surface area contributed by atoms with Crippen molar-refractivity contribution >= 4 is 46.8 Å². The van der Waals surface area contributed by atoms with Gasteiger partial charge in [0, 0.05) is 0 Å². The second-order valence-corrected chi connectivity index (χ2v) is 6.78. The summed E-state index contributed by atoms with van der Waals surface area (Å²) in [6.07, 6.45) is 0. The Labute approximate surface area is 85.9 Å². The van der Waals surface area contributed by atoms with Gasteiger partial charge in [-0.25, -0.2) is 0 Å². The summed E-state index contributed by atoms with van der Waals surface area (Å²) < 4.78 is 29.2. The molecule has 0 aliphatic rings. The average Bonchev–Trinajstić information content (AvgIpc) is 1.92. The van der Waals surface area contributed by atoms with Gasteiger partial charge in [-0.05, 0) is 0 Å². The molecule has 1 aromatic rings. The Morgan fingerprint density at radius 1 is 1.42 bits per heavy atom. The van der Waals surface area contributed by atoms with Crippen molar-refractivity contribution in [2.75, 3.05) is 5.73 Å². The summed E-state index contributed by atoms with van der Waals surface area (Å²) in [5.41, 5.74) is 6.01. The molecule has 0 atom stereocenters. The molecule has 0 bridgehead atoms. The van der Waals surface area contributed by atoms with E-state index in [1.165, 1.54) is 18.2 Å². The van der Waals surface area contributed by atoms with Gasteiger partial charge < -0.3 is 0 Å².